The quantitative estimate of drug-likeness (QED) is 0.159. The number of rotatable bonds is 7. The van der Waals surface area contributed by atoms with Gasteiger partial charge in [0.2, 0.25) is 0 Å². The number of furan rings is 1. The highest BCUT2D eigenvalue weighted by atomic mass is 32.1. The molecule has 12 aromatic rings. The third-order valence-corrected chi connectivity index (χ3v) is 14.6. The van der Waals surface area contributed by atoms with Crippen LogP contribution in [0.1, 0.15) is 22.3 Å². The predicted molar refractivity (Wildman–Crippen MR) is 269 cm³/mol. The SMILES string of the molecule is c1ccc(C2(c3ccc(N(c4ccc(-c5cccc6c5sc5ccccc56)cc4)c4cccc(-c5ccc6oc7ccccc7c6c5)c4)cc3)c3ccccc3-c3ccccc32)cc1. The summed E-state index contributed by atoms with van der Waals surface area (Å²) in [6, 6.07) is 86.6. The summed E-state index contributed by atoms with van der Waals surface area (Å²) in [5.41, 5.74) is 17.0. The van der Waals surface area contributed by atoms with Gasteiger partial charge in [0.15, 0.2) is 0 Å². The van der Waals surface area contributed by atoms with Gasteiger partial charge in [-0.1, -0.05) is 176 Å². The molecular weight excluding hydrogens is 795 g/mol. The van der Waals surface area contributed by atoms with Crippen LogP contribution in [0.25, 0.3) is 75.5 Å². The molecule has 0 bridgehead atoms. The number of hydrogen-bond donors (Lipinski definition) is 0. The number of benzene rings is 10. The molecule has 0 atom stereocenters. The van der Waals surface area contributed by atoms with E-state index in [9.17, 15) is 0 Å². The van der Waals surface area contributed by atoms with Gasteiger partial charge in [-0.05, 0) is 116 Å². The first-order valence-electron chi connectivity index (χ1n) is 21.9. The summed E-state index contributed by atoms with van der Waals surface area (Å²) in [5.74, 6) is 0. The molecule has 64 heavy (non-hydrogen) atoms. The first-order valence-corrected chi connectivity index (χ1v) is 22.7. The van der Waals surface area contributed by atoms with E-state index in [4.69, 9.17) is 4.42 Å². The van der Waals surface area contributed by atoms with E-state index in [-0.39, 0.29) is 0 Å². The van der Waals surface area contributed by atoms with Gasteiger partial charge in [-0.25, -0.2) is 0 Å². The van der Waals surface area contributed by atoms with Crippen LogP contribution in [0.5, 0.6) is 0 Å². The molecule has 0 N–H and O–H groups in total. The van der Waals surface area contributed by atoms with Crippen molar-refractivity contribution in [1.29, 1.82) is 0 Å². The van der Waals surface area contributed by atoms with Crippen molar-refractivity contribution in [3.8, 4) is 33.4 Å². The van der Waals surface area contributed by atoms with E-state index in [2.05, 4.69) is 229 Å². The summed E-state index contributed by atoms with van der Waals surface area (Å²) in [4.78, 5) is 2.40. The minimum Gasteiger partial charge on any atom is -0.456 e. The fraction of sp³-hybridized carbons (Fsp3) is 0.0164. The van der Waals surface area contributed by atoms with Crippen molar-refractivity contribution in [1.82, 2.24) is 0 Å². The molecule has 0 saturated carbocycles. The van der Waals surface area contributed by atoms with Crippen molar-refractivity contribution in [2.24, 2.45) is 0 Å². The third kappa shape index (κ3) is 5.58. The molecule has 1 aliphatic carbocycles. The van der Waals surface area contributed by atoms with E-state index in [1.807, 2.05) is 23.5 Å². The third-order valence-electron chi connectivity index (χ3n) is 13.4. The Hall–Kier alpha value is -7.98. The molecule has 2 nitrogen and oxygen atoms in total. The lowest BCUT2D eigenvalue weighted by Gasteiger charge is -2.34. The number of fused-ring (bicyclic) bond motifs is 9. The van der Waals surface area contributed by atoms with Crippen LogP contribution in [0.15, 0.2) is 241 Å². The topological polar surface area (TPSA) is 16.4 Å². The van der Waals surface area contributed by atoms with Gasteiger partial charge < -0.3 is 9.32 Å². The predicted octanol–water partition coefficient (Wildman–Crippen LogP) is 17.1. The second-order valence-electron chi connectivity index (χ2n) is 16.8. The van der Waals surface area contributed by atoms with Gasteiger partial charge in [0.1, 0.15) is 11.2 Å². The van der Waals surface area contributed by atoms with E-state index in [0.717, 1.165) is 50.1 Å². The van der Waals surface area contributed by atoms with E-state index in [0.29, 0.717) is 0 Å². The van der Waals surface area contributed by atoms with E-state index < -0.39 is 5.41 Å². The van der Waals surface area contributed by atoms with E-state index in [1.54, 1.807) is 0 Å². The lowest BCUT2D eigenvalue weighted by Crippen LogP contribution is -2.28. The first-order chi connectivity index (χ1) is 31.7. The largest absolute Gasteiger partial charge is 0.456 e. The monoisotopic (exact) mass is 833 g/mol. The summed E-state index contributed by atoms with van der Waals surface area (Å²) >= 11 is 1.87. The van der Waals surface area contributed by atoms with E-state index >= 15 is 0 Å². The van der Waals surface area contributed by atoms with Gasteiger partial charge in [-0.2, -0.15) is 0 Å². The molecule has 0 aliphatic heterocycles. The van der Waals surface area contributed by atoms with Gasteiger partial charge >= 0.3 is 0 Å². The van der Waals surface area contributed by atoms with Gasteiger partial charge in [-0.15, -0.1) is 11.3 Å². The second kappa shape index (κ2) is 14.6. The molecule has 3 heteroatoms. The smallest absolute Gasteiger partial charge is 0.135 e. The molecule has 10 aromatic carbocycles. The Balaban J connectivity index is 0.964. The summed E-state index contributed by atoms with van der Waals surface area (Å²) < 4.78 is 8.85. The molecular formula is C61H39NOS. The number of para-hydroxylation sites is 1. The zero-order valence-corrected chi connectivity index (χ0v) is 35.6. The Labute approximate surface area is 375 Å². The Morgan fingerprint density at radius 3 is 1.69 bits per heavy atom. The molecule has 0 radical (unpaired) electrons. The molecule has 0 amide bonds. The Morgan fingerprint density at radius 2 is 0.906 bits per heavy atom. The molecule has 0 spiro atoms. The van der Waals surface area contributed by atoms with Crippen molar-refractivity contribution in [2.45, 2.75) is 5.41 Å². The van der Waals surface area contributed by atoms with Crippen molar-refractivity contribution in [3.05, 3.63) is 259 Å². The number of hydrogen-bond acceptors (Lipinski definition) is 3. The van der Waals surface area contributed by atoms with Crippen LogP contribution < -0.4 is 4.90 Å². The van der Waals surface area contributed by atoms with Crippen molar-refractivity contribution >= 4 is 70.5 Å². The van der Waals surface area contributed by atoms with Gasteiger partial charge in [-0.3, -0.25) is 0 Å². The Bertz CT molecular complexity index is 3680. The maximum atomic E-state index is 6.21. The highest BCUT2D eigenvalue weighted by molar-refractivity contribution is 7.26. The van der Waals surface area contributed by atoms with Crippen LogP contribution in [-0.2, 0) is 5.41 Å². The molecule has 0 fully saturated rings. The van der Waals surface area contributed by atoms with Crippen molar-refractivity contribution in [3.63, 3.8) is 0 Å². The molecule has 0 saturated heterocycles. The highest BCUT2D eigenvalue weighted by Crippen LogP contribution is 2.56. The van der Waals surface area contributed by atoms with E-state index in [1.165, 1.54) is 64.7 Å². The molecule has 2 heterocycles. The molecule has 300 valence electrons. The molecule has 0 unspecified atom stereocenters. The first kappa shape index (κ1) is 36.7. The zero-order chi connectivity index (χ0) is 42.2. The summed E-state index contributed by atoms with van der Waals surface area (Å²) in [6.45, 7) is 0. The average Bonchev–Trinajstić information content (AvgIpc) is 4.03. The summed E-state index contributed by atoms with van der Waals surface area (Å²) in [5, 5.41) is 4.87. The number of nitrogens with zero attached hydrogens (tertiary/aromatic N) is 1. The van der Waals surface area contributed by atoms with Gasteiger partial charge in [0, 0.05) is 48.0 Å². The average molecular weight is 834 g/mol. The lowest BCUT2D eigenvalue weighted by molar-refractivity contribution is 0.669. The fourth-order valence-corrected chi connectivity index (χ4v) is 11.8. The zero-order valence-electron chi connectivity index (χ0n) is 34.8. The normalized spacial score (nSPS) is 12.8. The molecule has 1 aliphatic rings. The lowest BCUT2D eigenvalue weighted by atomic mass is 9.68. The Morgan fingerprint density at radius 1 is 0.344 bits per heavy atom. The van der Waals surface area contributed by atoms with Crippen molar-refractivity contribution in [2.75, 3.05) is 4.90 Å². The van der Waals surface area contributed by atoms with Gasteiger partial charge in [0.25, 0.3) is 0 Å². The van der Waals surface area contributed by atoms with Crippen LogP contribution in [0.4, 0.5) is 17.1 Å². The standard InChI is InChI=1S/C61H39NOS/c1-2-15-43(16-3-1)61(55-24-8-4-18-49(55)50-19-5-9-25-56(50)61)44-31-35-46(36-32-44)62(45-33-28-40(29-34-45)48-22-13-23-53-52-21-7-11-27-59(52)64-60(48)53)47-17-12-14-41(38-47)42-30-37-58-54(39-42)51-20-6-10-26-57(51)63-58/h1-39H. The highest BCUT2D eigenvalue weighted by Gasteiger charge is 2.45. The maximum absolute atomic E-state index is 6.21. The van der Waals surface area contributed by atoms with Crippen LogP contribution in [0.3, 0.4) is 0 Å². The second-order valence-corrected chi connectivity index (χ2v) is 17.8. The van der Waals surface area contributed by atoms with Crippen LogP contribution >= 0.6 is 11.3 Å². The molecule has 2 aromatic heterocycles. The maximum Gasteiger partial charge on any atom is 0.135 e. The van der Waals surface area contributed by atoms with Gasteiger partial charge in [0.05, 0.1) is 5.41 Å². The van der Waals surface area contributed by atoms with Crippen LogP contribution in [0, 0.1) is 0 Å². The fourth-order valence-electron chi connectivity index (χ4n) is 10.5. The van der Waals surface area contributed by atoms with Crippen molar-refractivity contribution < 1.29 is 4.42 Å². The number of anilines is 3. The summed E-state index contributed by atoms with van der Waals surface area (Å²) in [7, 11) is 0. The minimum atomic E-state index is -0.469. The minimum absolute atomic E-state index is 0.469. The summed E-state index contributed by atoms with van der Waals surface area (Å²) in [6.07, 6.45) is 0. The number of thiophene rings is 1. The van der Waals surface area contributed by atoms with Crippen LogP contribution in [-0.4, -0.2) is 0 Å². The van der Waals surface area contributed by atoms with Crippen LogP contribution in [0.2, 0.25) is 0 Å². The molecule has 13 rings (SSSR count). The Kier molecular flexibility index (Phi) is 8.34.